The monoisotopic (exact) mass is 429 g/mol. The van der Waals surface area contributed by atoms with Crippen LogP contribution in [0.25, 0.3) is 11.4 Å². The van der Waals surface area contributed by atoms with Gasteiger partial charge in [-0.15, -0.1) is 0 Å². The van der Waals surface area contributed by atoms with Crippen molar-refractivity contribution in [1.82, 2.24) is 20.8 Å². The lowest BCUT2D eigenvalue weighted by molar-refractivity contribution is 0.321. The summed E-state index contributed by atoms with van der Waals surface area (Å²) in [4.78, 5) is 8.85. The minimum atomic E-state index is 0.259. The van der Waals surface area contributed by atoms with Crippen molar-refractivity contribution in [3.8, 4) is 22.9 Å². The lowest BCUT2D eigenvalue weighted by atomic mass is 10.2. The molecule has 3 rings (SSSR count). The Kier molecular flexibility index (Phi) is 7.91. The molecule has 0 amide bonds. The van der Waals surface area contributed by atoms with Crippen molar-refractivity contribution in [2.24, 2.45) is 4.99 Å². The second kappa shape index (κ2) is 11.1. The molecule has 0 radical (unpaired) electrons. The number of hydrogen-bond donors (Lipinski definition) is 2. The number of benzene rings is 2. The molecule has 0 aliphatic carbocycles. The maximum absolute atomic E-state index is 5.91. The van der Waals surface area contributed by atoms with Crippen LogP contribution in [-0.4, -0.2) is 42.9 Å². The smallest absolute Gasteiger partial charge is 0.248 e. The van der Waals surface area contributed by atoms with Crippen LogP contribution in [0.15, 0.2) is 58.0 Å². The van der Waals surface area contributed by atoms with E-state index in [0.29, 0.717) is 35.8 Å². The van der Waals surface area contributed by atoms with E-state index >= 15 is 0 Å². The first-order valence-corrected chi connectivity index (χ1v) is 9.93. The number of aliphatic imine (C=N–C) groups is 1. The minimum absolute atomic E-state index is 0.259. The first-order chi connectivity index (χ1) is 14.7. The summed E-state index contributed by atoms with van der Waals surface area (Å²) in [6, 6.07) is 14.7. The first kappa shape index (κ1) is 21.4. The summed E-state index contributed by atoms with van der Waals surface area (Å²) in [5.41, 5.74) is 0.832. The number of halogens is 1. The van der Waals surface area contributed by atoms with E-state index in [1.165, 1.54) is 0 Å². The predicted octanol–water partition coefficient (Wildman–Crippen LogP) is 3.53. The molecule has 158 valence electrons. The van der Waals surface area contributed by atoms with E-state index in [1.54, 1.807) is 19.2 Å². The fraction of sp³-hybridized carbons (Fsp3) is 0.286. The average Bonchev–Trinajstić information content (AvgIpc) is 3.25. The van der Waals surface area contributed by atoms with E-state index in [2.05, 4.69) is 25.8 Å². The predicted molar refractivity (Wildman–Crippen MR) is 116 cm³/mol. The van der Waals surface area contributed by atoms with Crippen LogP contribution in [0.5, 0.6) is 11.5 Å². The molecule has 0 aliphatic rings. The lowest BCUT2D eigenvalue weighted by Gasteiger charge is -2.12. The van der Waals surface area contributed by atoms with Crippen LogP contribution in [0.2, 0.25) is 5.02 Å². The summed E-state index contributed by atoms with van der Waals surface area (Å²) in [5.74, 6) is 3.14. The van der Waals surface area contributed by atoms with Crippen molar-refractivity contribution in [3.63, 3.8) is 0 Å². The SMILES string of the molecule is CCNC(=NCc1nc(-c2ccc(Cl)cc2)no1)NCCOc1ccc(OC)cc1. The molecule has 0 saturated carbocycles. The van der Waals surface area contributed by atoms with Gasteiger partial charge in [0.25, 0.3) is 0 Å². The maximum Gasteiger partial charge on any atom is 0.248 e. The Hall–Kier alpha value is -3.26. The van der Waals surface area contributed by atoms with Gasteiger partial charge in [-0.2, -0.15) is 4.98 Å². The highest BCUT2D eigenvalue weighted by atomic mass is 35.5. The van der Waals surface area contributed by atoms with Crippen LogP contribution in [0.1, 0.15) is 12.8 Å². The van der Waals surface area contributed by atoms with Gasteiger partial charge in [-0.25, -0.2) is 4.99 Å². The van der Waals surface area contributed by atoms with Crippen LogP contribution < -0.4 is 20.1 Å². The second-order valence-corrected chi connectivity index (χ2v) is 6.60. The maximum atomic E-state index is 5.91. The van der Waals surface area contributed by atoms with Gasteiger partial charge in [0.1, 0.15) is 24.7 Å². The fourth-order valence-electron chi connectivity index (χ4n) is 2.53. The van der Waals surface area contributed by atoms with Crippen LogP contribution >= 0.6 is 11.6 Å². The van der Waals surface area contributed by atoms with Crippen molar-refractivity contribution >= 4 is 17.6 Å². The average molecular weight is 430 g/mol. The molecule has 2 N–H and O–H groups in total. The van der Waals surface area contributed by atoms with Crippen LogP contribution in [0, 0.1) is 0 Å². The fourth-order valence-corrected chi connectivity index (χ4v) is 2.66. The van der Waals surface area contributed by atoms with Crippen molar-refractivity contribution < 1.29 is 14.0 Å². The summed E-state index contributed by atoms with van der Waals surface area (Å²) >= 11 is 5.91. The van der Waals surface area contributed by atoms with Gasteiger partial charge in [-0.3, -0.25) is 0 Å². The Bertz CT molecular complexity index is 942. The van der Waals surface area contributed by atoms with E-state index < -0.39 is 0 Å². The molecule has 1 heterocycles. The molecule has 0 aliphatic heterocycles. The van der Waals surface area contributed by atoms with Crippen molar-refractivity contribution in [3.05, 3.63) is 59.4 Å². The first-order valence-electron chi connectivity index (χ1n) is 9.55. The Morgan fingerprint density at radius 1 is 1.07 bits per heavy atom. The number of guanidine groups is 1. The van der Waals surface area contributed by atoms with Crippen molar-refractivity contribution in [1.29, 1.82) is 0 Å². The Morgan fingerprint density at radius 3 is 2.50 bits per heavy atom. The van der Waals surface area contributed by atoms with Crippen LogP contribution in [0.4, 0.5) is 0 Å². The highest BCUT2D eigenvalue weighted by Gasteiger charge is 2.08. The molecule has 0 spiro atoms. The number of rotatable bonds is 9. The number of aromatic nitrogens is 2. The molecule has 9 heteroatoms. The largest absolute Gasteiger partial charge is 0.497 e. The summed E-state index contributed by atoms with van der Waals surface area (Å²) in [7, 11) is 1.63. The molecular formula is C21H24ClN5O3. The minimum Gasteiger partial charge on any atom is -0.497 e. The summed E-state index contributed by atoms with van der Waals surface area (Å²) in [5, 5.41) is 11.0. The van der Waals surface area contributed by atoms with Crippen LogP contribution in [0.3, 0.4) is 0 Å². The zero-order valence-corrected chi connectivity index (χ0v) is 17.6. The third-order valence-corrected chi connectivity index (χ3v) is 4.26. The second-order valence-electron chi connectivity index (χ2n) is 6.16. The third kappa shape index (κ3) is 6.38. The summed E-state index contributed by atoms with van der Waals surface area (Å²) in [6.07, 6.45) is 0. The highest BCUT2D eigenvalue weighted by molar-refractivity contribution is 6.30. The number of nitrogens with one attached hydrogen (secondary N) is 2. The Labute approximate surface area is 180 Å². The summed E-state index contributed by atoms with van der Waals surface area (Å²) < 4.78 is 16.1. The topological polar surface area (TPSA) is 93.8 Å². The molecule has 1 aromatic heterocycles. The zero-order chi connectivity index (χ0) is 21.2. The molecule has 0 bridgehead atoms. The number of methoxy groups -OCH3 is 1. The number of nitrogens with zero attached hydrogens (tertiary/aromatic N) is 3. The third-order valence-electron chi connectivity index (χ3n) is 4.01. The van der Waals surface area contributed by atoms with Gasteiger partial charge in [-0.1, -0.05) is 16.8 Å². The van der Waals surface area contributed by atoms with Gasteiger partial charge in [0.05, 0.1) is 13.7 Å². The molecule has 0 fully saturated rings. The van der Waals surface area contributed by atoms with E-state index in [9.17, 15) is 0 Å². The van der Waals surface area contributed by atoms with E-state index in [1.807, 2.05) is 43.3 Å². The van der Waals surface area contributed by atoms with Gasteiger partial charge in [0, 0.05) is 17.1 Å². The van der Waals surface area contributed by atoms with E-state index in [0.717, 1.165) is 23.6 Å². The normalized spacial score (nSPS) is 11.2. The molecular weight excluding hydrogens is 406 g/mol. The molecule has 8 nitrogen and oxygen atoms in total. The highest BCUT2D eigenvalue weighted by Crippen LogP contribution is 2.19. The standard InChI is InChI=1S/C21H24ClN5O3/c1-3-23-21(24-12-13-29-18-10-8-17(28-2)9-11-18)25-14-19-26-20(27-30-19)15-4-6-16(22)7-5-15/h4-11H,3,12-14H2,1-2H3,(H2,23,24,25). The Morgan fingerprint density at radius 2 is 1.80 bits per heavy atom. The number of hydrogen-bond acceptors (Lipinski definition) is 6. The van der Waals surface area contributed by atoms with Crippen LogP contribution in [-0.2, 0) is 6.54 Å². The molecule has 0 saturated heterocycles. The zero-order valence-electron chi connectivity index (χ0n) is 16.9. The van der Waals surface area contributed by atoms with Crippen molar-refractivity contribution in [2.45, 2.75) is 13.5 Å². The lowest BCUT2D eigenvalue weighted by Crippen LogP contribution is -2.39. The van der Waals surface area contributed by atoms with Gasteiger partial charge in [-0.05, 0) is 55.5 Å². The van der Waals surface area contributed by atoms with Gasteiger partial charge in [0.15, 0.2) is 5.96 Å². The van der Waals surface area contributed by atoms with Gasteiger partial charge >= 0.3 is 0 Å². The number of ether oxygens (including phenoxy) is 2. The molecule has 2 aromatic carbocycles. The summed E-state index contributed by atoms with van der Waals surface area (Å²) in [6.45, 7) is 4.05. The van der Waals surface area contributed by atoms with Gasteiger partial charge < -0.3 is 24.6 Å². The molecule has 3 aromatic rings. The molecule has 30 heavy (non-hydrogen) atoms. The Balaban J connectivity index is 1.49. The van der Waals surface area contributed by atoms with Crippen molar-refractivity contribution in [2.75, 3.05) is 26.8 Å². The molecule has 0 atom stereocenters. The van der Waals surface area contributed by atoms with Gasteiger partial charge in [0.2, 0.25) is 11.7 Å². The quantitative estimate of drug-likeness (QED) is 0.305. The molecule has 0 unspecified atom stereocenters. The van der Waals surface area contributed by atoms with E-state index in [-0.39, 0.29) is 6.54 Å². The van der Waals surface area contributed by atoms with E-state index in [4.69, 9.17) is 25.6 Å².